The van der Waals surface area contributed by atoms with Crippen molar-refractivity contribution < 1.29 is 14.3 Å². The van der Waals surface area contributed by atoms with Crippen LogP contribution in [-0.4, -0.2) is 39.5 Å². The zero-order chi connectivity index (χ0) is 20.7. The Balaban J connectivity index is 1.37. The van der Waals surface area contributed by atoms with Crippen molar-refractivity contribution in [3.8, 4) is 11.5 Å². The van der Waals surface area contributed by atoms with Crippen molar-refractivity contribution in [1.82, 2.24) is 14.6 Å². The smallest absolute Gasteiger partial charge is 0.234 e. The van der Waals surface area contributed by atoms with Crippen molar-refractivity contribution in [2.24, 2.45) is 0 Å². The predicted octanol–water partition coefficient (Wildman–Crippen LogP) is 4.00. The minimum absolute atomic E-state index is 0.124. The first-order chi connectivity index (χ1) is 14.6. The molecule has 0 unspecified atom stereocenters. The molecule has 2 aromatic carbocycles. The van der Waals surface area contributed by atoms with Crippen molar-refractivity contribution in [2.75, 3.05) is 24.3 Å². The number of fused-ring (bicyclic) bond motifs is 4. The van der Waals surface area contributed by atoms with Crippen molar-refractivity contribution in [3.63, 3.8) is 0 Å². The summed E-state index contributed by atoms with van der Waals surface area (Å²) in [7, 11) is 0. The van der Waals surface area contributed by atoms with Gasteiger partial charge in [-0.1, -0.05) is 23.9 Å². The first kappa shape index (κ1) is 18.7. The van der Waals surface area contributed by atoms with Crippen LogP contribution in [0.2, 0.25) is 0 Å². The summed E-state index contributed by atoms with van der Waals surface area (Å²) in [6.07, 6.45) is 0. The molecule has 5 rings (SSSR count). The molecule has 30 heavy (non-hydrogen) atoms. The molecule has 8 heteroatoms. The van der Waals surface area contributed by atoms with Crippen LogP contribution in [0.3, 0.4) is 0 Å². The molecule has 7 nitrogen and oxygen atoms in total. The fourth-order valence-electron chi connectivity index (χ4n) is 3.55. The van der Waals surface area contributed by atoms with E-state index in [2.05, 4.69) is 46.7 Å². The summed E-state index contributed by atoms with van der Waals surface area (Å²) in [5, 5.41) is 13.4. The Morgan fingerprint density at radius 3 is 2.77 bits per heavy atom. The monoisotopic (exact) mass is 420 g/mol. The molecule has 0 fully saturated rings. The van der Waals surface area contributed by atoms with Crippen molar-refractivity contribution in [3.05, 3.63) is 53.6 Å². The van der Waals surface area contributed by atoms with Gasteiger partial charge in [-0.3, -0.25) is 9.20 Å². The molecule has 1 amide bonds. The average Bonchev–Trinajstić information content (AvgIpc) is 3.18. The summed E-state index contributed by atoms with van der Waals surface area (Å²) in [6, 6.07) is 13.8. The summed E-state index contributed by atoms with van der Waals surface area (Å²) in [5.74, 6) is 1.44. The lowest BCUT2D eigenvalue weighted by Gasteiger charge is -2.18. The van der Waals surface area contributed by atoms with Crippen LogP contribution in [0.4, 0.5) is 5.69 Å². The standard InChI is InChI=1S/C22H20N4O3S/c1-13-3-4-15-10-14(2)21-24-25-22(26(21)17(15)9-13)30-12-20(27)23-16-5-6-18-19(11-16)29-8-7-28-18/h3-6,9-11H,7-8,12H2,1-2H3,(H,23,27). The number of anilines is 1. The van der Waals surface area contributed by atoms with Crippen LogP contribution in [0, 0.1) is 13.8 Å². The number of thioether (sulfide) groups is 1. The third-order valence-electron chi connectivity index (χ3n) is 4.94. The molecule has 0 atom stereocenters. The number of ether oxygens (including phenoxy) is 2. The Hall–Kier alpha value is -3.26. The van der Waals surface area contributed by atoms with E-state index in [9.17, 15) is 4.79 Å². The van der Waals surface area contributed by atoms with E-state index >= 15 is 0 Å². The number of amides is 1. The van der Waals surface area contributed by atoms with Gasteiger partial charge < -0.3 is 14.8 Å². The second-order valence-corrected chi connectivity index (χ2v) is 8.17. The van der Waals surface area contributed by atoms with E-state index in [4.69, 9.17) is 9.47 Å². The van der Waals surface area contributed by atoms with E-state index < -0.39 is 0 Å². The molecule has 0 saturated heterocycles. The lowest BCUT2D eigenvalue weighted by molar-refractivity contribution is -0.113. The van der Waals surface area contributed by atoms with Gasteiger partial charge in [0.05, 0.1) is 11.3 Å². The molecule has 0 spiro atoms. The highest BCUT2D eigenvalue weighted by atomic mass is 32.2. The number of hydrogen-bond acceptors (Lipinski definition) is 6. The fraction of sp³-hybridized carbons (Fsp3) is 0.227. The van der Waals surface area contributed by atoms with Crippen LogP contribution in [0.5, 0.6) is 11.5 Å². The molecule has 0 aliphatic carbocycles. The molecule has 1 aliphatic heterocycles. The maximum absolute atomic E-state index is 12.5. The van der Waals surface area contributed by atoms with E-state index in [0.29, 0.717) is 35.6 Å². The maximum atomic E-state index is 12.5. The van der Waals surface area contributed by atoms with E-state index in [1.165, 1.54) is 11.8 Å². The molecule has 1 N–H and O–H groups in total. The minimum atomic E-state index is -0.124. The molecule has 0 bridgehead atoms. The molecular formula is C22H20N4O3S. The normalized spacial score (nSPS) is 13.0. The van der Waals surface area contributed by atoms with E-state index in [-0.39, 0.29) is 11.7 Å². The summed E-state index contributed by atoms with van der Waals surface area (Å²) in [4.78, 5) is 12.5. The van der Waals surface area contributed by atoms with Gasteiger partial charge in [-0.05, 0) is 54.6 Å². The Labute approximate surface area is 177 Å². The average molecular weight is 420 g/mol. The van der Waals surface area contributed by atoms with Crippen LogP contribution in [0.1, 0.15) is 11.1 Å². The number of aromatic nitrogens is 3. The highest BCUT2D eigenvalue weighted by Crippen LogP contribution is 2.33. The third kappa shape index (κ3) is 3.43. The summed E-state index contributed by atoms with van der Waals surface area (Å²) >= 11 is 1.36. The van der Waals surface area contributed by atoms with Gasteiger partial charge in [0.25, 0.3) is 0 Å². The fourth-order valence-corrected chi connectivity index (χ4v) is 4.30. The minimum Gasteiger partial charge on any atom is -0.486 e. The predicted molar refractivity (Wildman–Crippen MR) is 117 cm³/mol. The molecule has 2 aromatic heterocycles. The number of carbonyl (C=O) groups is 1. The number of benzene rings is 2. The van der Waals surface area contributed by atoms with Gasteiger partial charge in [0, 0.05) is 11.8 Å². The number of hydrogen-bond donors (Lipinski definition) is 1. The van der Waals surface area contributed by atoms with Crippen LogP contribution in [0.15, 0.2) is 47.6 Å². The Bertz CT molecular complexity index is 1280. The van der Waals surface area contributed by atoms with Gasteiger partial charge in [-0.15, -0.1) is 10.2 Å². The zero-order valence-electron chi connectivity index (χ0n) is 16.6. The van der Waals surface area contributed by atoms with Crippen molar-refractivity contribution in [1.29, 1.82) is 0 Å². The summed E-state index contributed by atoms with van der Waals surface area (Å²) in [5.41, 5.74) is 4.73. The largest absolute Gasteiger partial charge is 0.486 e. The molecule has 1 aliphatic rings. The number of nitrogens with one attached hydrogen (secondary N) is 1. The molecule has 4 aromatic rings. The summed E-state index contributed by atoms with van der Waals surface area (Å²) in [6.45, 7) is 5.12. The highest BCUT2D eigenvalue weighted by molar-refractivity contribution is 7.99. The van der Waals surface area contributed by atoms with Crippen molar-refractivity contribution >= 4 is 39.9 Å². The van der Waals surface area contributed by atoms with Gasteiger partial charge in [-0.2, -0.15) is 0 Å². The van der Waals surface area contributed by atoms with Crippen LogP contribution >= 0.6 is 11.8 Å². The van der Waals surface area contributed by atoms with Crippen molar-refractivity contribution in [2.45, 2.75) is 19.0 Å². The Morgan fingerprint density at radius 1 is 1.07 bits per heavy atom. The van der Waals surface area contributed by atoms with Crippen LogP contribution in [0.25, 0.3) is 16.6 Å². The number of nitrogens with zero attached hydrogens (tertiary/aromatic N) is 3. The lowest BCUT2D eigenvalue weighted by atomic mass is 10.1. The zero-order valence-corrected chi connectivity index (χ0v) is 17.5. The van der Waals surface area contributed by atoms with Gasteiger partial charge in [0.15, 0.2) is 22.3 Å². The van der Waals surface area contributed by atoms with E-state index in [0.717, 1.165) is 27.7 Å². The number of aryl methyl sites for hydroxylation is 2. The quantitative estimate of drug-likeness (QED) is 0.503. The first-order valence-electron chi connectivity index (χ1n) is 9.66. The van der Waals surface area contributed by atoms with Gasteiger partial charge in [0.2, 0.25) is 5.91 Å². The molecule has 0 saturated carbocycles. The number of carbonyl (C=O) groups excluding carboxylic acids is 1. The molecular weight excluding hydrogens is 400 g/mol. The van der Waals surface area contributed by atoms with Gasteiger partial charge in [-0.25, -0.2) is 0 Å². The highest BCUT2D eigenvalue weighted by Gasteiger charge is 2.16. The maximum Gasteiger partial charge on any atom is 0.234 e. The molecule has 3 heterocycles. The van der Waals surface area contributed by atoms with Crippen LogP contribution in [-0.2, 0) is 4.79 Å². The number of pyridine rings is 1. The molecule has 0 radical (unpaired) electrons. The second-order valence-electron chi connectivity index (χ2n) is 7.23. The topological polar surface area (TPSA) is 77.8 Å². The Morgan fingerprint density at radius 2 is 1.90 bits per heavy atom. The third-order valence-corrected chi connectivity index (χ3v) is 5.87. The number of rotatable bonds is 4. The first-order valence-corrected chi connectivity index (χ1v) is 10.6. The SMILES string of the molecule is Cc1ccc2cc(C)c3nnc(SCC(=O)Nc4ccc5c(c4)OCCO5)n3c2c1. The Kier molecular flexibility index (Phi) is 4.71. The molecule has 152 valence electrons. The summed E-state index contributed by atoms with van der Waals surface area (Å²) < 4.78 is 13.1. The van der Waals surface area contributed by atoms with Gasteiger partial charge in [0.1, 0.15) is 13.2 Å². The van der Waals surface area contributed by atoms with Crippen LogP contribution < -0.4 is 14.8 Å². The van der Waals surface area contributed by atoms with E-state index in [1.54, 1.807) is 12.1 Å². The second kappa shape index (κ2) is 7.53. The van der Waals surface area contributed by atoms with Gasteiger partial charge >= 0.3 is 0 Å². The lowest BCUT2D eigenvalue weighted by Crippen LogP contribution is -2.17. The van der Waals surface area contributed by atoms with E-state index in [1.807, 2.05) is 17.4 Å².